The van der Waals surface area contributed by atoms with Crippen LogP contribution in [0.1, 0.15) is 18.1 Å². The second kappa shape index (κ2) is 8.58. The van der Waals surface area contributed by atoms with Crippen LogP contribution in [-0.4, -0.2) is 47.8 Å². The Morgan fingerprint density at radius 3 is 2.32 bits per heavy atom. The highest BCUT2D eigenvalue weighted by molar-refractivity contribution is 9.10. The summed E-state index contributed by atoms with van der Waals surface area (Å²) in [6, 6.07) is 7.23. The number of halogens is 3. The van der Waals surface area contributed by atoms with Gasteiger partial charge in [0.1, 0.15) is 0 Å². The zero-order chi connectivity index (χ0) is 14.3. The van der Waals surface area contributed by atoms with E-state index in [0.29, 0.717) is 13.0 Å². The Bertz CT molecular complexity index is 362. The van der Waals surface area contributed by atoms with Crippen LogP contribution in [0.25, 0.3) is 0 Å². The normalized spacial score (nSPS) is 13.2. The summed E-state index contributed by atoms with van der Waals surface area (Å²) in [5.41, 5.74) is 0.754. The summed E-state index contributed by atoms with van der Waals surface area (Å²) in [4.78, 5) is 1.45. The standard InChI is InChI=1S/C13H18BrF2NO2/c14-11-3-1-10(2-4-11)12(19)5-6-17(7-8-18)9-13(15)16/h1-4,12-13,18-19H,5-9H2. The first-order valence-corrected chi connectivity index (χ1v) is 6.87. The molecule has 0 amide bonds. The smallest absolute Gasteiger partial charge is 0.251 e. The Morgan fingerprint density at radius 2 is 1.79 bits per heavy atom. The van der Waals surface area contributed by atoms with E-state index in [4.69, 9.17) is 5.11 Å². The van der Waals surface area contributed by atoms with E-state index >= 15 is 0 Å². The predicted octanol–water partition coefficient (Wildman–Crippen LogP) is 2.43. The van der Waals surface area contributed by atoms with Crippen LogP contribution in [0.2, 0.25) is 0 Å². The molecule has 19 heavy (non-hydrogen) atoms. The van der Waals surface area contributed by atoms with E-state index in [-0.39, 0.29) is 19.7 Å². The Labute approximate surface area is 120 Å². The average molecular weight is 338 g/mol. The molecule has 1 aromatic carbocycles. The fourth-order valence-corrected chi connectivity index (χ4v) is 2.05. The van der Waals surface area contributed by atoms with Gasteiger partial charge in [-0.3, -0.25) is 4.90 Å². The lowest BCUT2D eigenvalue weighted by molar-refractivity contribution is 0.0660. The number of benzene rings is 1. The van der Waals surface area contributed by atoms with Gasteiger partial charge in [0.25, 0.3) is 6.43 Å². The first kappa shape index (κ1) is 16.5. The first-order chi connectivity index (χ1) is 9.02. The molecule has 6 heteroatoms. The third-order valence-electron chi connectivity index (χ3n) is 2.79. The van der Waals surface area contributed by atoms with Crippen molar-refractivity contribution in [2.45, 2.75) is 19.0 Å². The summed E-state index contributed by atoms with van der Waals surface area (Å²) >= 11 is 3.30. The van der Waals surface area contributed by atoms with E-state index in [2.05, 4.69) is 15.9 Å². The van der Waals surface area contributed by atoms with Gasteiger partial charge in [-0.15, -0.1) is 0 Å². The molecule has 2 N–H and O–H groups in total. The van der Waals surface area contributed by atoms with E-state index in [1.165, 1.54) is 4.90 Å². The molecule has 0 saturated carbocycles. The first-order valence-electron chi connectivity index (χ1n) is 6.08. The second-order valence-electron chi connectivity index (χ2n) is 4.27. The molecule has 0 saturated heterocycles. The van der Waals surface area contributed by atoms with E-state index in [1.807, 2.05) is 12.1 Å². The van der Waals surface area contributed by atoms with Gasteiger partial charge in [-0.05, 0) is 24.1 Å². The van der Waals surface area contributed by atoms with Crippen molar-refractivity contribution in [2.75, 3.05) is 26.2 Å². The van der Waals surface area contributed by atoms with Gasteiger partial charge in [-0.25, -0.2) is 8.78 Å². The van der Waals surface area contributed by atoms with Gasteiger partial charge in [0.05, 0.1) is 19.3 Å². The molecule has 1 aromatic rings. The third kappa shape index (κ3) is 6.42. The van der Waals surface area contributed by atoms with E-state index in [1.54, 1.807) is 12.1 Å². The molecular weight excluding hydrogens is 320 g/mol. The van der Waals surface area contributed by atoms with Crippen molar-refractivity contribution in [3.8, 4) is 0 Å². The van der Waals surface area contributed by atoms with Crippen LogP contribution in [0.4, 0.5) is 8.78 Å². The van der Waals surface area contributed by atoms with Crippen LogP contribution in [0.5, 0.6) is 0 Å². The number of aliphatic hydroxyl groups excluding tert-OH is 2. The largest absolute Gasteiger partial charge is 0.395 e. The number of nitrogens with zero attached hydrogens (tertiary/aromatic N) is 1. The predicted molar refractivity (Wildman–Crippen MR) is 73.2 cm³/mol. The Morgan fingerprint density at radius 1 is 1.16 bits per heavy atom. The van der Waals surface area contributed by atoms with Crippen LogP contribution in [-0.2, 0) is 0 Å². The molecule has 1 unspecified atom stereocenters. The fraction of sp³-hybridized carbons (Fsp3) is 0.538. The maximum absolute atomic E-state index is 12.3. The van der Waals surface area contributed by atoms with Gasteiger partial charge in [0, 0.05) is 17.6 Å². The van der Waals surface area contributed by atoms with Crippen LogP contribution < -0.4 is 0 Å². The monoisotopic (exact) mass is 337 g/mol. The van der Waals surface area contributed by atoms with E-state index in [9.17, 15) is 13.9 Å². The van der Waals surface area contributed by atoms with Gasteiger partial charge in [-0.1, -0.05) is 28.1 Å². The summed E-state index contributed by atoms with van der Waals surface area (Å²) in [7, 11) is 0. The lowest BCUT2D eigenvalue weighted by Crippen LogP contribution is -2.33. The molecule has 0 aliphatic rings. The number of hydrogen-bond donors (Lipinski definition) is 2. The minimum Gasteiger partial charge on any atom is -0.395 e. The molecule has 0 heterocycles. The SMILES string of the molecule is OCCN(CCC(O)c1ccc(Br)cc1)CC(F)F. The lowest BCUT2D eigenvalue weighted by Gasteiger charge is -2.22. The molecule has 0 fully saturated rings. The molecular formula is C13H18BrF2NO2. The molecule has 0 aliphatic carbocycles. The van der Waals surface area contributed by atoms with Gasteiger partial charge in [0.15, 0.2) is 0 Å². The van der Waals surface area contributed by atoms with Gasteiger partial charge in [0.2, 0.25) is 0 Å². The van der Waals surface area contributed by atoms with E-state index in [0.717, 1.165) is 10.0 Å². The molecule has 0 bridgehead atoms. The number of hydrogen-bond acceptors (Lipinski definition) is 3. The summed E-state index contributed by atoms with van der Waals surface area (Å²) in [5, 5.41) is 18.8. The topological polar surface area (TPSA) is 43.7 Å². The van der Waals surface area contributed by atoms with Crippen molar-refractivity contribution in [2.24, 2.45) is 0 Å². The molecule has 0 radical (unpaired) electrons. The van der Waals surface area contributed by atoms with Crippen molar-refractivity contribution >= 4 is 15.9 Å². The van der Waals surface area contributed by atoms with Crippen molar-refractivity contribution in [1.82, 2.24) is 4.90 Å². The van der Waals surface area contributed by atoms with Gasteiger partial charge >= 0.3 is 0 Å². The zero-order valence-corrected chi connectivity index (χ0v) is 12.1. The van der Waals surface area contributed by atoms with Crippen LogP contribution >= 0.6 is 15.9 Å². The van der Waals surface area contributed by atoms with Crippen molar-refractivity contribution in [3.63, 3.8) is 0 Å². The average Bonchev–Trinajstić information content (AvgIpc) is 2.36. The Kier molecular flexibility index (Phi) is 7.45. The van der Waals surface area contributed by atoms with Crippen LogP contribution in [0, 0.1) is 0 Å². The summed E-state index contributed by atoms with van der Waals surface area (Å²) in [6.07, 6.45) is -2.77. The van der Waals surface area contributed by atoms with Crippen LogP contribution in [0.15, 0.2) is 28.7 Å². The molecule has 3 nitrogen and oxygen atoms in total. The molecule has 108 valence electrons. The quantitative estimate of drug-likeness (QED) is 0.765. The number of aliphatic hydroxyl groups is 2. The second-order valence-corrected chi connectivity index (χ2v) is 5.19. The van der Waals surface area contributed by atoms with Crippen molar-refractivity contribution in [1.29, 1.82) is 0 Å². The van der Waals surface area contributed by atoms with Gasteiger partial charge in [-0.2, -0.15) is 0 Å². The third-order valence-corrected chi connectivity index (χ3v) is 3.31. The number of rotatable bonds is 8. The highest BCUT2D eigenvalue weighted by atomic mass is 79.9. The molecule has 0 aliphatic heterocycles. The lowest BCUT2D eigenvalue weighted by atomic mass is 10.1. The molecule has 1 atom stereocenters. The summed E-state index contributed by atoms with van der Waals surface area (Å²) in [5.74, 6) is 0. The minimum absolute atomic E-state index is 0.166. The van der Waals surface area contributed by atoms with Gasteiger partial charge < -0.3 is 10.2 Å². The van der Waals surface area contributed by atoms with Crippen molar-refractivity contribution in [3.05, 3.63) is 34.3 Å². The maximum Gasteiger partial charge on any atom is 0.251 e. The van der Waals surface area contributed by atoms with Crippen LogP contribution in [0.3, 0.4) is 0 Å². The summed E-state index contributed by atoms with van der Waals surface area (Å²) < 4.78 is 25.5. The zero-order valence-electron chi connectivity index (χ0n) is 10.5. The Hall–Kier alpha value is -0.560. The molecule has 0 aromatic heterocycles. The molecule has 0 spiro atoms. The van der Waals surface area contributed by atoms with Crippen molar-refractivity contribution < 1.29 is 19.0 Å². The summed E-state index contributed by atoms with van der Waals surface area (Å²) in [6.45, 7) is -0.0335. The molecule has 1 rings (SSSR count). The fourth-order valence-electron chi connectivity index (χ4n) is 1.79. The van der Waals surface area contributed by atoms with E-state index < -0.39 is 12.5 Å². The minimum atomic E-state index is -2.43. The highest BCUT2D eigenvalue weighted by Crippen LogP contribution is 2.19. The Balaban J connectivity index is 2.46. The maximum atomic E-state index is 12.3. The number of alkyl halides is 2. The highest BCUT2D eigenvalue weighted by Gasteiger charge is 2.14.